The lowest BCUT2D eigenvalue weighted by molar-refractivity contribution is -0.144. The number of nitrogens with one attached hydrogen (secondary N) is 2. The zero-order valence-corrected chi connectivity index (χ0v) is 12.8. The fraction of sp³-hybridized carbons (Fsp3) is 0.769. The Bertz CT molecular complexity index is 590. The van der Waals surface area contributed by atoms with E-state index in [9.17, 15) is 14.7 Å². The van der Waals surface area contributed by atoms with Gasteiger partial charge in [-0.3, -0.25) is 14.7 Å². The molecule has 2 fully saturated rings. The first-order valence-corrected chi connectivity index (χ1v) is 8.29. The van der Waals surface area contributed by atoms with Crippen molar-refractivity contribution in [1.82, 2.24) is 20.1 Å². The van der Waals surface area contributed by atoms with E-state index in [1.54, 1.807) is 11.5 Å². The lowest BCUT2D eigenvalue weighted by atomic mass is 9.99. The van der Waals surface area contributed by atoms with Crippen molar-refractivity contribution < 1.29 is 9.90 Å². The quantitative estimate of drug-likeness (QED) is 0.619. The van der Waals surface area contributed by atoms with Crippen LogP contribution in [0.5, 0.6) is 0 Å². The Balaban J connectivity index is 1.59. The van der Waals surface area contributed by atoms with Crippen LogP contribution >= 0.6 is 11.8 Å². The molecule has 21 heavy (non-hydrogen) atoms. The zero-order chi connectivity index (χ0) is 15.0. The molecule has 1 aromatic rings. The average molecular weight is 312 g/mol. The number of hydrogen-bond donors (Lipinski definition) is 3. The first-order valence-electron chi connectivity index (χ1n) is 7.30. The van der Waals surface area contributed by atoms with E-state index in [1.165, 1.54) is 11.8 Å². The Morgan fingerprint density at radius 2 is 2.24 bits per heavy atom. The normalized spacial score (nSPS) is 21.2. The molecule has 1 heterocycles. The highest BCUT2D eigenvalue weighted by atomic mass is 32.2. The van der Waals surface area contributed by atoms with Crippen molar-refractivity contribution in [2.24, 2.45) is 0 Å². The number of carboxylic acid groups (broad SMARTS) is 1. The fourth-order valence-electron chi connectivity index (χ4n) is 2.31. The van der Waals surface area contributed by atoms with Crippen molar-refractivity contribution in [2.45, 2.75) is 61.8 Å². The maximum atomic E-state index is 11.7. The fourth-order valence-corrected chi connectivity index (χ4v) is 3.49. The first-order chi connectivity index (χ1) is 9.99. The summed E-state index contributed by atoms with van der Waals surface area (Å²) in [6.07, 6.45) is 4.63. The molecule has 1 atom stereocenters. The molecule has 116 valence electrons. The summed E-state index contributed by atoms with van der Waals surface area (Å²) in [6, 6.07) is 0.611. The highest BCUT2D eigenvalue weighted by molar-refractivity contribution is 7.99. The van der Waals surface area contributed by atoms with Gasteiger partial charge in [-0.1, -0.05) is 11.8 Å². The predicted octanol–water partition coefficient (Wildman–Crippen LogP) is 0.984. The third kappa shape index (κ3) is 3.32. The van der Waals surface area contributed by atoms with Crippen LogP contribution in [0.3, 0.4) is 0 Å². The summed E-state index contributed by atoms with van der Waals surface area (Å²) >= 11 is 1.45. The molecule has 8 heteroatoms. The van der Waals surface area contributed by atoms with Crippen molar-refractivity contribution in [1.29, 1.82) is 0 Å². The molecule has 7 nitrogen and oxygen atoms in total. The minimum absolute atomic E-state index is 0.169. The third-order valence-corrected chi connectivity index (χ3v) is 4.94. The van der Waals surface area contributed by atoms with Gasteiger partial charge in [0.25, 0.3) is 0 Å². The van der Waals surface area contributed by atoms with Gasteiger partial charge in [0.1, 0.15) is 5.54 Å². The Labute approximate surface area is 126 Å². The van der Waals surface area contributed by atoms with Gasteiger partial charge in [0.15, 0.2) is 5.16 Å². The lowest BCUT2D eigenvalue weighted by Crippen LogP contribution is -2.51. The minimum Gasteiger partial charge on any atom is -0.480 e. The molecule has 0 saturated heterocycles. The number of thioether (sulfide) groups is 1. The molecule has 0 bridgehead atoms. The van der Waals surface area contributed by atoms with Gasteiger partial charge in [-0.25, -0.2) is 9.89 Å². The first kappa shape index (κ1) is 14.6. The number of nitrogens with zero attached hydrogens (tertiary/aromatic N) is 2. The molecule has 3 N–H and O–H groups in total. The van der Waals surface area contributed by atoms with Gasteiger partial charge in [0.2, 0.25) is 0 Å². The second kappa shape index (κ2) is 5.49. The van der Waals surface area contributed by atoms with Gasteiger partial charge >= 0.3 is 11.7 Å². The molecule has 1 aromatic heterocycles. The van der Waals surface area contributed by atoms with E-state index in [-0.39, 0.29) is 11.7 Å². The van der Waals surface area contributed by atoms with E-state index in [2.05, 4.69) is 15.5 Å². The molecule has 3 rings (SSSR count). The van der Waals surface area contributed by atoms with Crippen LogP contribution in [0.25, 0.3) is 0 Å². The number of aromatic amines is 1. The molecule has 0 radical (unpaired) electrons. The second-order valence-corrected chi connectivity index (χ2v) is 7.13. The molecule has 0 aliphatic heterocycles. The van der Waals surface area contributed by atoms with Crippen LogP contribution in [0.15, 0.2) is 9.95 Å². The summed E-state index contributed by atoms with van der Waals surface area (Å²) in [5, 5.41) is 19.8. The molecule has 0 amide bonds. The van der Waals surface area contributed by atoms with Crippen LogP contribution < -0.4 is 11.0 Å². The summed E-state index contributed by atoms with van der Waals surface area (Å²) in [5.41, 5.74) is -1.08. The number of rotatable bonds is 8. The van der Waals surface area contributed by atoms with Crippen LogP contribution in [0.1, 0.15) is 45.1 Å². The Morgan fingerprint density at radius 1 is 1.52 bits per heavy atom. The van der Waals surface area contributed by atoms with Gasteiger partial charge in [0, 0.05) is 17.8 Å². The number of H-pyrrole nitrogens is 1. The molecule has 2 aliphatic carbocycles. The van der Waals surface area contributed by atoms with Crippen molar-refractivity contribution in [3.63, 3.8) is 0 Å². The van der Waals surface area contributed by atoms with E-state index in [1.807, 2.05) is 0 Å². The van der Waals surface area contributed by atoms with E-state index in [0.29, 0.717) is 23.4 Å². The predicted molar refractivity (Wildman–Crippen MR) is 78.7 cm³/mol. The SMILES string of the molecule is CC(CCSc1n[nH]c(=O)n1C1CC1)(NC1CC1)C(=O)O. The number of carboxylic acids is 1. The van der Waals surface area contributed by atoms with Gasteiger partial charge in [-0.15, -0.1) is 5.10 Å². The highest BCUT2D eigenvalue weighted by Gasteiger charge is 2.38. The number of aromatic nitrogens is 3. The van der Waals surface area contributed by atoms with Gasteiger partial charge < -0.3 is 5.11 Å². The van der Waals surface area contributed by atoms with Crippen LogP contribution in [0.2, 0.25) is 0 Å². The second-order valence-electron chi connectivity index (χ2n) is 6.07. The molecule has 0 spiro atoms. The summed E-state index contributed by atoms with van der Waals surface area (Å²) < 4.78 is 1.69. The molecule has 1 unspecified atom stereocenters. The molecular weight excluding hydrogens is 292 g/mol. The maximum Gasteiger partial charge on any atom is 0.344 e. The van der Waals surface area contributed by atoms with Crippen LogP contribution in [0, 0.1) is 0 Å². The van der Waals surface area contributed by atoms with Crippen molar-refractivity contribution >= 4 is 17.7 Å². The summed E-state index contributed by atoms with van der Waals surface area (Å²) in [6.45, 7) is 1.73. The lowest BCUT2D eigenvalue weighted by Gasteiger charge is -2.26. The number of carbonyl (C=O) groups is 1. The molecule has 2 aliphatic rings. The minimum atomic E-state index is -0.908. The van der Waals surface area contributed by atoms with Crippen LogP contribution in [-0.4, -0.2) is 43.2 Å². The Hall–Kier alpha value is -1.28. The number of hydrogen-bond acceptors (Lipinski definition) is 5. The topological polar surface area (TPSA) is 100 Å². The largest absolute Gasteiger partial charge is 0.480 e. The summed E-state index contributed by atoms with van der Waals surface area (Å²) in [5.74, 6) is -0.212. The van der Waals surface area contributed by atoms with E-state index < -0.39 is 11.5 Å². The maximum absolute atomic E-state index is 11.7. The van der Waals surface area contributed by atoms with Crippen molar-refractivity contribution in [3.05, 3.63) is 10.5 Å². The van der Waals surface area contributed by atoms with E-state index in [0.717, 1.165) is 25.7 Å². The zero-order valence-electron chi connectivity index (χ0n) is 12.0. The van der Waals surface area contributed by atoms with Crippen molar-refractivity contribution in [3.8, 4) is 0 Å². The van der Waals surface area contributed by atoms with Gasteiger partial charge in [-0.2, -0.15) is 0 Å². The highest BCUT2D eigenvalue weighted by Crippen LogP contribution is 2.36. The van der Waals surface area contributed by atoms with Gasteiger partial charge in [-0.05, 0) is 39.0 Å². The summed E-state index contributed by atoms with van der Waals surface area (Å²) in [4.78, 5) is 23.1. The standard InChI is InChI=1S/C13H20N4O3S/c1-13(10(18)19,14-8-2-3-8)6-7-21-12-16-15-11(20)17(12)9-4-5-9/h8-9,14H,2-7H2,1H3,(H,15,20)(H,18,19). The molecule has 2 saturated carbocycles. The van der Waals surface area contributed by atoms with E-state index in [4.69, 9.17) is 0 Å². The van der Waals surface area contributed by atoms with E-state index >= 15 is 0 Å². The van der Waals surface area contributed by atoms with Crippen LogP contribution in [-0.2, 0) is 4.79 Å². The Kier molecular flexibility index (Phi) is 3.83. The van der Waals surface area contributed by atoms with Gasteiger partial charge in [0.05, 0.1) is 0 Å². The van der Waals surface area contributed by atoms with Crippen molar-refractivity contribution in [2.75, 3.05) is 5.75 Å². The molecule has 0 aromatic carbocycles. The van der Waals surface area contributed by atoms with Crippen LogP contribution in [0.4, 0.5) is 0 Å². The monoisotopic (exact) mass is 312 g/mol. The molecular formula is C13H20N4O3S. The summed E-state index contributed by atoms with van der Waals surface area (Å²) in [7, 11) is 0. The smallest absolute Gasteiger partial charge is 0.344 e. The average Bonchev–Trinajstić information content (AvgIpc) is 3.32. The number of aliphatic carboxylic acids is 1. The Morgan fingerprint density at radius 3 is 2.81 bits per heavy atom. The third-order valence-electron chi connectivity index (χ3n) is 3.99.